The molecule has 0 aliphatic carbocycles. The first kappa shape index (κ1) is 20.2. The molecule has 3 aromatic rings. The number of hydrogen-bond acceptors (Lipinski definition) is 4. The average Bonchev–Trinajstić information content (AvgIpc) is 3.19. The van der Waals surface area contributed by atoms with Crippen LogP contribution in [-0.2, 0) is 6.18 Å². The highest BCUT2D eigenvalue weighted by molar-refractivity contribution is 7.13. The highest BCUT2D eigenvalue weighted by Crippen LogP contribution is 2.40. The summed E-state index contributed by atoms with van der Waals surface area (Å²) in [6, 6.07) is 13.7. The normalized spacial score (nSPS) is 17.2. The summed E-state index contributed by atoms with van der Waals surface area (Å²) in [6.45, 7) is 3.56. The van der Waals surface area contributed by atoms with Crippen molar-refractivity contribution in [1.82, 2.24) is 4.98 Å². The summed E-state index contributed by atoms with van der Waals surface area (Å²) >= 11 is 1.34. The van der Waals surface area contributed by atoms with E-state index in [4.69, 9.17) is 5.41 Å². The van der Waals surface area contributed by atoms with Crippen molar-refractivity contribution in [2.45, 2.75) is 26.1 Å². The van der Waals surface area contributed by atoms with Gasteiger partial charge in [0.25, 0.3) is 0 Å². The van der Waals surface area contributed by atoms with Crippen LogP contribution in [0.4, 0.5) is 18.9 Å². The van der Waals surface area contributed by atoms with Gasteiger partial charge in [-0.05, 0) is 32.0 Å². The molecule has 0 saturated heterocycles. The van der Waals surface area contributed by atoms with Crippen molar-refractivity contribution in [3.63, 3.8) is 0 Å². The minimum Gasteiger partial charge on any atom is -0.509 e. The van der Waals surface area contributed by atoms with Crippen molar-refractivity contribution in [2.24, 2.45) is 0 Å². The number of aryl methyl sites for hydroxylation is 1. The molecule has 2 aromatic carbocycles. The Kier molecular flexibility index (Phi) is 4.89. The van der Waals surface area contributed by atoms with Gasteiger partial charge in [-0.3, -0.25) is 5.41 Å². The number of benzene rings is 2. The van der Waals surface area contributed by atoms with E-state index in [0.717, 1.165) is 28.3 Å². The first-order valence-corrected chi connectivity index (χ1v) is 10.0. The predicted octanol–water partition coefficient (Wildman–Crippen LogP) is 6.29. The molecule has 2 heterocycles. The molecular formula is C22H18F3N3OS. The van der Waals surface area contributed by atoms with Crippen molar-refractivity contribution < 1.29 is 18.3 Å². The molecule has 30 heavy (non-hydrogen) atoms. The molecule has 0 bridgehead atoms. The van der Waals surface area contributed by atoms with E-state index < -0.39 is 17.8 Å². The Bertz CT molecular complexity index is 1150. The number of hydrogen-bond donors (Lipinski definition) is 2. The second-order valence-electron chi connectivity index (χ2n) is 6.99. The zero-order valence-corrected chi connectivity index (χ0v) is 17.0. The van der Waals surface area contributed by atoms with Gasteiger partial charge in [-0.2, -0.15) is 13.2 Å². The van der Waals surface area contributed by atoms with Crippen LogP contribution in [-0.4, -0.2) is 22.0 Å². The molecule has 0 saturated carbocycles. The van der Waals surface area contributed by atoms with Gasteiger partial charge in [0, 0.05) is 16.1 Å². The lowest BCUT2D eigenvalue weighted by molar-refractivity contribution is -0.137. The maximum absolute atomic E-state index is 13.1. The number of nitrogens with zero attached hydrogens (tertiary/aromatic N) is 2. The third-order valence-electron chi connectivity index (χ3n) is 5.03. The van der Waals surface area contributed by atoms with E-state index in [1.165, 1.54) is 28.4 Å². The number of halogens is 3. The van der Waals surface area contributed by atoms with Gasteiger partial charge in [-0.1, -0.05) is 36.4 Å². The summed E-state index contributed by atoms with van der Waals surface area (Å²) < 4.78 is 39.4. The van der Waals surface area contributed by atoms with E-state index in [2.05, 4.69) is 4.98 Å². The predicted molar refractivity (Wildman–Crippen MR) is 113 cm³/mol. The van der Waals surface area contributed by atoms with Gasteiger partial charge in [0.1, 0.15) is 16.6 Å². The Hall–Kier alpha value is -3.13. The van der Waals surface area contributed by atoms with Crippen LogP contribution in [0.25, 0.3) is 16.8 Å². The molecule has 1 unspecified atom stereocenters. The summed E-state index contributed by atoms with van der Waals surface area (Å²) in [5.74, 6) is -0.154. The summed E-state index contributed by atoms with van der Waals surface area (Å²) in [6.07, 6.45) is -4.49. The molecule has 154 valence electrons. The van der Waals surface area contributed by atoms with Crippen molar-refractivity contribution in [1.29, 1.82) is 5.41 Å². The van der Waals surface area contributed by atoms with Gasteiger partial charge in [-0.15, -0.1) is 11.3 Å². The first-order chi connectivity index (χ1) is 14.2. The Labute approximate surface area is 175 Å². The van der Waals surface area contributed by atoms with E-state index in [9.17, 15) is 18.3 Å². The van der Waals surface area contributed by atoms with Crippen LogP contribution in [0.5, 0.6) is 0 Å². The summed E-state index contributed by atoms with van der Waals surface area (Å²) in [4.78, 5) is 6.95. The molecule has 1 aliphatic heterocycles. The number of aliphatic hydroxyl groups excluding tert-OH is 1. The summed E-state index contributed by atoms with van der Waals surface area (Å²) in [5, 5.41) is 19.8. The van der Waals surface area contributed by atoms with Crippen LogP contribution in [0.1, 0.15) is 22.4 Å². The zero-order valence-electron chi connectivity index (χ0n) is 16.2. The number of alkyl halides is 3. The molecule has 8 heteroatoms. The third kappa shape index (κ3) is 3.37. The van der Waals surface area contributed by atoms with E-state index in [1.54, 1.807) is 6.92 Å². The Morgan fingerprint density at radius 2 is 1.80 bits per heavy atom. The highest BCUT2D eigenvalue weighted by atomic mass is 32.1. The van der Waals surface area contributed by atoms with Crippen molar-refractivity contribution in [2.75, 3.05) is 4.90 Å². The van der Waals surface area contributed by atoms with E-state index in [1.807, 2.05) is 37.3 Å². The second-order valence-corrected chi connectivity index (χ2v) is 8.20. The van der Waals surface area contributed by atoms with Crippen molar-refractivity contribution >= 4 is 28.4 Å². The molecule has 2 N–H and O–H groups in total. The second kappa shape index (κ2) is 7.28. The zero-order chi connectivity index (χ0) is 21.6. The van der Waals surface area contributed by atoms with Gasteiger partial charge < -0.3 is 10.0 Å². The van der Waals surface area contributed by atoms with Crippen LogP contribution in [0.2, 0.25) is 0 Å². The fourth-order valence-corrected chi connectivity index (χ4v) is 4.52. The van der Waals surface area contributed by atoms with Crippen LogP contribution in [0, 0.1) is 12.3 Å². The van der Waals surface area contributed by atoms with Crippen LogP contribution >= 0.6 is 11.3 Å². The topological polar surface area (TPSA) is 60.2 Å². The molecule has 0 spiro atoms. The molecule has 1 aliphatic rings. The maximum atomic E-state index is 13.1. The molecule has 1 atom stereocenters. The first-order valence-electron chi connectivity index (χ1n) is 9.20. The van der Waals surface area contributed by atoms with Crippen LogP contribution < -0.4 is 4.90 Å². The monoisotopic (exact) mass is 429 g/mol. The standard InChI is InChI=1S/C22H18F3N3OS/c1-12-19(29)17(21-27-18(13(2)30-21)14-7-4-3-5-8-14)20(26)28(12)16-10-6-9-15(11-16)22(23,24)25/h3-12,26,29H,1-2H3. The molecule has 4 nitrogen and oxygen atoms in total. The van der Waals surface area contributed by atoms with Gasteiger partial charge in [-0.25, -0.2) is 4.98 Å². The molecule has 0 amide bonds. The number of rotatable bonds is 3. The minimum absolute atomic E-state index is 0.0762. The molecule has 0 fully saturated rings. The number of thiazole rings is 1. The number of aliphatic hydroxyl groups is 1. The van der Waals surface area contributed by atoms with E-state index in [0.29, 0.717) is 5.01 Å². The van der Waals surface area contributed by atoms with Gasteiger partial charge in [0.2, 0.25) is 0 Å². The number of amidine groups is 1. The summed E-state index contributed by atoms with van der Waals surface area (Å²) in [5.41, 5.74) is 1.32. The Balaban J connectivity index is 1.73. The molecule has 0 radical (unpaired) electrons. The quantitative estimate of drug-likeness (QED) is 0.514. The summed E-state index contributed by atoms with van der Waals surface area (Å²) in [7, 11) is 0. The lowest BCUT2D eigenvalue weighted by Gasteiger charge is -2.25. The number of nitrogens with one attached hydrogen (secondary N) is 1. The lowest BCUT2D eigenvalue weighted by atomic mass is 10.1. The lowest BCUT2D eigenvalue weighted by Crippen LogP contribution is -2.33. The molecule has 4 rings (SSSR count). The smallest absolute Gasteiger partial charge is 0.416 e. The van der Waals surface area contributed by atoms with E-state index >= 15 is 0 Å². The number of aromatic nitrogens is 1. The van der Waals surface area contributed by atoms with Crippen LogP contribution in [0.3, 0.4) is 0 Å². The molecular weight excluding hydrogens is 411 g/mol. The van der Waals surface area contributed by atoms with Gasteiger partial charge >= 0.3 is 6.18 Å². The maximum Gasteiger partial charge on any atom is 0.416 e. The largest absolute Gasteiger partial charge is 0.509 e. The number of anilines is 1. The fourth-order valence-electron chi connectivity index (χ4n) is 3.53. The average molecular weight is 429 g/mol. The van der Waals surface area contributed by atoms with Gasteiger partial charge in [0.15, 0.2) is 0 Å². The Morgan fingerprint density at radius 3 is 2.47 bits per heavy atom. The van der Waals surface area contributed by atoms with E-state index in [-0.39, 0.29) is 22.9 Å². The SMILES string of the molecule is Cc1sc(C2=C(O)C(C)N(c3cccc(C(F)(F)F)c3)C2=N)nc1-c1ccccc1. The molecule has 1 aromatic heterocycles. The highest BCUT2D eigenvalue weighted by Gasteiger charge is 2.38. The van der Waals surface area contributed by atoms with Crippen molar-refractivity contribution in [3.05, 3.63) is 75.8 Å². The minimum atomic E-state index is -4.49. The Morgan fingerprint density at radius 1 is 1.10 bits per heavy atom. The fraction of sp³-hybridized carbons (Fsp3) is 0.182. The van der Waals surface area contributed by atoms with Crippen molar-refractivity contribution in [3.8, 4) is 11.3 Å². The van der Waals surface area contributed by atoms with Gasteiger partial charge in [0.05, 0.1) is 22.9 Å². The van der Waals surface area contributed by atoms with Crippen LogP contribution in [0.15, 0.2) is 60.4 Å². The third-order valence-corrected chi connectivity index (χ3v) is 6.01.